The molecule has 1 aliphatic heterocycles. The third kappa shape index (κ3) is 3.52. The summed E-state index contributed by atoms with van der Waals surface area (Å²) < 4.78 is 11.3. The molecular formula is C15H14ClNO4S. The lowest BCUT2D eigenvalue weighted by molar-refractivity contribution is -0.137. The van der Waals surface area contributed by atoms with E-state index in [0.717, 1.165) is 14.8 Å². The topological polar surface area (TPSA) is 67.8 Å². The van der Waals surface area contributed by atoms with Gasteiger partial charge in [-0.1, -0.05) is 17.7 Å². The van der Waals surface area contributed by atoms with E-state index in [1.807, 2.05) is 24.3 Å². The second-order valence-electron chi connectivity index (χ2n) is 4.85. The molecule has 0 radical (unpaired) electrons. The van der Waals surface area contributed by atoms with Crippen LogP contribution < -0.4 is 14.8 Å². The molecule has 3 rings (SSSR count). The molecular weight excluding hydrogens is 326 g/mol. The van der Waals surface area contributed by atoms with Crippen molar-refractivity contribution >= 4 is 28.9 Å². The van der Waals surface area contributed by atoms with Crippen molar-refractivity contribution in [3.8, 4) is 11.5 Å². The first kappa shape index (κ1) is 15.1. The molecule has 1 aliphatic rings. The molecule has 0 saturated heterocycles. The van der Waals surface area contributed by atoms with Gasteiger partial charge in [-0.3, -0.25) is 4.79 Å². The van der Waals surface area contributed by atoms with Gasteiger partial charge in [0.15, 0.2) is 11.5 Å². The van der Waals surface area contributed by atoms with Crippen molar-refractivity contribution in [2.45, 2.75) is 19.0 Å². The summed E-state index contributed by atoms with van der Waals surface area (Å²) in [7, 11) is 0. The highest BCUT2D eigenvalue weighted by atomic mass is 35.5. The highest BCUT2D eigenvalue weighted by Gasteiger charge is 2.20. The number of nitrogens with one attached hydrogen (secondary N) is 1. The zero-order valence-electron chi connectivity index (χ0n) is 11.5. The summed E-state index contributed by atoms with van der Waals surface area (Å²) in [4.78, 5) is 12.2. The van der Waals surface area contributed by atoms with E-state index < -0.39 is 5.97 Å². The number of ether oxygens (including phenoxy) is 2. The Hall–Kier alpha value is -1.76. The molecule has 2 aromatic rings. The van der Waals surface area contributed by atoms with Crippen LogP contribution in [-0.4, -0.2) is 17.9 Å². The molecule has 2 N–H and O–H groups in total. The summed E-state index contributed by atoms with van der Waals surface area (Å²) in [5.41, 5.74) is 0.856. The first-order chi connectivity index (χ1) is 10.6. The molecule has 1 aromatic heterocycles. The van der Waals surface area contributed by atoms with Crippen LogP contribution in [0.1, 0.15) is 22.9 Å². The Labute approximate surface area is 136 Å². The van der Waals surface area contributed by atoms with Gasteiger partial charge in [0.1, 0.15) is 0 Å². The molecule has 116 valence electrons. The van der Waals surface area contributed by atoms with Crippen molar-refractivity contribution in [2.24, 2.45) is 0 Å². The summed E-state index contributed by atoms with van der Waals surface area (Å²) in [6.45, 7) is 0.757. The minimum atomic E-state index is -0.862. The van der Waals surface area contributed by atoms with Gasteiger partial charge in [0.25, 0.3) is 0 Å². The number of halogens is 1. The summed E-state index contributed by atoms with van der Waals surface area (Å²) in [6, 6.07) is 8.93. The largest absolute Gasteiger partial charge is 0.481 e. The minimum absolute atomic E-state index is 0.0151. The van der Waals surface area contributed by atoms with Crippen LogP contribution in [0.2, 0.25) is 4.34 Å². The van der Waals surface area contributed by atoms with E-state index >= 15 is 0 Å². The lowest BCUT2D eigenvalue weighted by Crippen LogP contribution is -2.23. The molecule has 0 fully saturated rings. The van der Waals surface area contributed by atoms with Crippen LogP contribution in [0.15, 0.2) is 30.3 Å². The molecule has 5 nitrogen and oxygen atoms in total. The number of carboxylic acid groups (broad SMARTS) is 1. The standard InChI is InChI=1S/C15H14ClNO4S/c16-14-4-2-10(22-14)7-17-11(6-15(18)19)9-1-3-12-13(5-9)21-8-20-12/h1-5,11,17H,6-8H2,(H,18,19)/t11-/m0/s1. The molecule has 1 atom stereocenters. The third-order valence-corrected chi connectivity index (χ3v) is 4.56. The number of benzene rings is 1. The predicted molar refractivity (Wildman–Crippen MR) is 83.7 cm³/mol. The van der Waals surface area contributed by atoms with Crippen molar-refractivity contribution in [2.75, 3.05) is 6.79 Å². The fourth-order valence-electron chi connectivity index (χ4n) is 2.28. The van der Waals surface area contributed by atoms with Crippen LogP contribution in [0, 0.1) is 0 Å². The molecule has 0 aliphatic carbocycles. The minimum Gasteiger partial charge on any atom is -0.481 e. The van der Waals surface area contributed by atoms with Crippen LogP contribution in [0.5, 0.6) is 11.5 Å². The van der Waals surface area contributed by atoms with Crippen molar-refractivity contribution in [1.29, 1.82) is 0 Å². The van der Waals surface area contributed by atoms with Crippen LogP contribution in [0.25, 0.3) is 0 Å². The highest BCUT2D eigenvalue weighted by molar-refractivity contribution is 7.16. The lowest BCUT2D eigenvalue weighted by atomic mass is 10.0. The van der Waals surface area contributed by atoms with Crippen LogP contribution in [0.4, 0.5) is 0 Å². The van der Waals surface area contributed by atoms with E-state index in [9.17, 15) is 4.79 Å². The number of carbonyl (C=O) groups is 1. The van der Waals surface area contributed by atoms with E-state index in [1.165, 1.54) is 11.3 Å². The molecule has 0 spiro atoms. The van der Waals surface area contributed by atoms with Gasteiger partial charge >= 0.3 is 5.97 Å². The first-order valence-corrected chi connectivity index (χ1v) is 7.90. The van der Waals surface area contributed by atoms with E-state index in [0.29, 0.717) is 18.0 Å². The maximum absolute atomic E-state index is 11.1. The Balaban J connectivity index is 1.75. The van der Waals surface area contributed by atoms with E-state index in [1.54, 1.807) is 6.07 Å². The maximum Gasteiger partial charge on any atom is 0.305 e. The van der Waals surface area contributed by atoms with Crippen molar-refractivity contribution < 1.29 is 19.4 Å². The second kappa shape index (κ2) is 6.56. The average molecular weight is 340 g/mol. The van der Waals surface area contributed by atoms with Gasteiger partial charge in [-0.2, -0.15) is 0 Å². The Bertz CT molecular complexity index is 688. The SMILES string of the molecule is O=C(O)C[C@H](NCc1ccc(Cl)s1)c1ccc2c(c1)OCO2. The first-order valence-electron chi connectivity index (χ1n) is 6.71. The predicted octanol–water partition coefficient (Wildman–Crippen LogP) is 3.44. The molecule has 22 heavy (non-hydrogen) atoms. The van der Waals surface area contributed by atoms with Crippen LogP contribution >= 0.6 is 22.9 Å². The Morgan fingerprint density at radius 2 is 2.14 bits per heavy atom. The van der Waals surface area contributed by atoms with E-state index in [4.69, 9.17) is 26.2 Å². The monoisotopic (exact) mass is 339 g/mol. The highest BCUT2D eigenvalue weighted by Crippen LogP contribution is 2.35. The van der Waals surface area contributed by atoms with Crippen LogP contribution in [-0.2, 0) is 11.3 Å². The summed E-state index contributed by atoms with van der Waals surface area (Å²) in [5.74, 6) is 0.469. The van der Waals surface area contributed by atoms with Gasteiger partial charge in [-0.25, -0.2) is 0 Å². The van der Waals surface area contributed by atoms with E-state index in [-0.39, 0.29) is 19.3 Å². The fourth-order valence-corrected chi connectivity index (χ4v) is 3.32. The molecule has 0 unspecified atom stereocenters. The zero-order chi connectivity index (χ0) is 15.5. The quantitative estimate of drug-likeness (QED) is 0.843. The lowest BCUT2D eigenvalue weighted by Gasteiger charge is -2.17. The van der Waals surface area contributed by atoms with Gasteiger partial charge < -0.3 is 19.9 Å². The maximum atomic E-state index is 11.1. The van der Waals surface area contributed by atoms with Crippen molar-refractivity contribution in [3.63, 3.8) is 0 Å². The van der Waals surface area contributed by atoms with Gasteiger partial charge in [0.05, 0.1) is 10.8 Å². The van der Waals surface area contributed by atoms with Gasteiger partial charge in [-0.05, 0) is 29.8 Å². The number of fused-ring (bicyclic) bond motifs is 1. The Morgan fingerprint density at radius 1 is 1.32 bits per heavy atom. The van der Waals surface area contributed by atoms with Crippen LogP contribution in [0.3, 0.4) is 0 Å². The third-order valence-electron chi connectivity index (χ3n) is 3.33. The number of hydrogen-bond acceptors (Lipinski definition) is 5. The Kier molecular flexibility index (Phi) is 4.52. The molecule has 0 bridgehead atoms. The van der Waals surface area contributed by atoms with E-state index in [2.05, 4.69) is 5.32 Å². The number of rotatable bonds is 6. The van der Waals surface area contributed by atoms with Gasteiger partial charge in [0, 0.05) is 17.5 Å². The summed E-state index contributed by atoms with van der Waals surface area (Å²) in [5, 5.41) is 12.4. The summed E-state index contributed by atoms with van der Waals surface area (Å²) in [6.07, 6.45) is -0.0151. The second-order valence-corrected chi connectivity index (χ2v) is 6.65. The smallest absolute Gasteiger partial charge is 0.305 e. The normalized spacial score (nSPS) is 14.0. The van der Waals surface area contributed by atoms with Gasteiger partial charge in [-0.15, -0.1) is 11.3 Å². The number of aliphatic carboxylic acids is 1. The molecule has 2 heterocycles. The summed E-state index contributed by atoms with van der Waals surface area (Å²) >= 11 is 7.38. The molecule has 0 amide bonds. The zero-order valence-corrected chi connectivity index (χ0v) is 13.1. The Morgan fingerprint density at radius 3 is 2.86 bits per heavy atom. The number of carboxylic acids is 1. The molecule has 7 heteroatoms. The van der Waals surface area contributed by atoms with Crippen molar-refractivity contribution in [3.05, 3.63) is 45.1 Å². The van der Waals surface area contributed by atoms with Crippen molar-refractivity contribution in [1.82, 2.24) is 5.32 Å². The fraction of sp³-hybridized carbons (Fsp3) is 0.267. The molecule has 0 saturated carbocycles. The number of hydrogen-bond donors (Lipinski definition) is 2. The molecule has 1 aromatic carbocycles. The number of thiophene rings is 1. The average Bonchev–Trinajstić information content (AvgIpc) is 3.10. The van der Waals surface area contributed by atoms with Gasteiger partial charge in [0.2, 0.25) is 6.79 Å².